The number of hydrogen-bond acceptors (Lipinski definition) is 3. The van der Waals surface area contributed by atoms with Crippen molar-refractivity contribution in [3.05, 3.63) is 23.5 Å². The number of anilines is 1. The third-order valence-electron chi connectivity index (χ3n) is 3.88. The van der Waals surface area contributed by atoms with E-state index in [4.69, 9.17) is 11.6 Å². The van der Waals surface area contributed by atoms with Gasteiger partial charge in [0.05, 0.1) is 11.9 Å². The lowest BCUT2D eigenvalue weighted by Crippen LogP contribution is -2.40. The molecule has 3 nitrogen and oxygen atoms in total. The minimum absolute atomic E-state index is 0.574. The van der Waals surface area contributed by atoms with Gasteiger partial charge in [0.1, 0.15) is 5.15 Å². The molecule has 3 rings (SSSR count). The average molecular weight is 252 g/mol. The van der Waals surface area contributed by atoms with Crippen LogP contribution in [-0.2, 0) is 0 Å². The molecule has 0 amide bonds. The lowest BCUT2D eigenvalue weighted by Gasteiger charge is -2.30. The van der Waals surface area contributed by atoms with E-state index >= 15 is 0 Å². The summed E-state index contributed by atoms with van der Waals surface area (Å²) >= 11 is 5.84. The third kappa shape index (κ3) is 2.55. The Balaban J connectivity index is 1.81. The van der Waals surface area contributed by atoms with E-state index in [0.29, 0.717) is 5.15 Å². The second-order valence-corrected chi connectivity index (χ2v) is 5.60. The van der Waals surface area contributed by atoms with Crippen LogP contribution in [-0.4, -0.2) is 31.2 Å². The summed E-state index contributed by atoms with van der Waals surface area (Å²) in [5.41, 5.74) is 1.22. The number of pyridine rings is 1. The van der Waals surface area contributed by atoms with Gasteiger partial charge in [0, 0.05) is 13.1 Å². The molecule has 2 aliphatic rings. The second kappa shape index (κ2) is 4.83. The molecular formula is C13H18ClN3. The highest BCUT2D eigenvalue weighted by molar-refractivity contribution is 6.29. The topological polar surface area (TPSA) is 28.2 Å². The van der Waals surface area contributed by atoms with Gasteiger partial charge < -0.3 is 10.2 Å². The first-order chi connectivity index (χ1) is 8.31. The predicted octanol–water partition coefficient (Wildman–Crippen LogP) is 2.17. The van der Waals surface area contributed by atoms with Crippen molar-refractivity contribution in [2.75, 3.05) is 31.1 Å². The second-order valence-electron chi connectivity index (χ2n) is 5.21. The average Bonchev–Trinajstić information content (AvgIpc) is 2.63. The smallest absolute Gasteiger partial charge is 0.129 e. The predicted molar refractivity (Wildman–Crippen MR) is 70.5 cm³/mol. The summed E-state index contributed by atoms with van der Waals surface area (Å²) in [6, 6.07) is 3.97. The van der Waals surface area contributed by atoms with Gasteiger partial charge in [-0.25, -0.2) is 4.98 Å². The normalized spacial score (nSPS) is 28.9. The standard InChI is InChI=1S/C13H18ClN3/c14-13-4-3-12(7-16-13)17-8-10-1-2-11(9-17)6-15-5-10/h3-4,7,10-11,15H,1-2,5-6,8-9H2. The minimum atomic E-state index is 0.574. The molecule has 92 valence electrons. The molecule has 0 aliphatic carbocycles. The fourth-order valence-corrected chi connectivity index (χ4v) is 3.05. The Hall–Kier alpha value is -0.800. The number of nitrogens with zero attached hydrogens (tertiary/aromatic N) is 2. The van der Waals surface area contributed by atoms with E-state index in [1.165, 1.54) is 18.5 Å². The van der Waals surface area contributed by atoms with Crippen molar-refractivity contribution in [2.24, 2.45) is 11.8 Å². The van der Waals surface area contributed by atoms with Crippen LogP contribution in [0.25, 0.3) is 0 Å². The van der Waals surface area contributed by atoms with Crippen molar-refractivity contribution in [2.45, 2.75) is 12.8 Å². The van der Waals surface area contributed by atoms with Crippen LogP contribution >= 0.6 is 11.6 Å². The lowest BCUT2D eigenvalue weighted by molar-refractivity contribution is 0.459. The highest BCUT2D eigenvalue weighted by Crippen LogP contribution is 2.27. The number of fused-ring (bicyclic) bond motifs is 3. The Kier molecular flexibility index (Phi) is 3.21. The first-order valence-electron chi connectivity index (χ1n) is 6.38. The molecule has 1 aromatic heterocycles. The molecule has 1 N–H and O–H groups in total. The number of hydrogen-bond donors (Lipinski definition) is 1. The molecule has 0 radical (unpaired) electrons. The van der Waals surface area contributed by atoms with Crippen LogP contribution in [0.5, 0.6) is 0 Å². The maximum absolute atomic E-state index is 5.84. The van der Waals surface area contributed by atoms with E-state index in [0.717, 1.165) is 38.0 Å². The van der Waals surface area contributed by atoms with Crippen LogP contribution in [0.3, 0.4) is 0 Å². The van der Waals surface area contributed by atoms with Crippen molar-refractivity contribution in [1.82, 2.24) is 10.3 Å². The quantitative estimate of drug-likeness (QED) is 0.776. The van der Waals surface area contributed by atoms with Crippen LogP contribution < -0.4 is 10.2 Å². The van der Waals surface area contributed by atoms with Crippen molar-refractivity contribution in [1.29, 1.82) is 0 Å². The van der Waals surface area contributed by atoms with Gasteiger partial charge in [0.2, 0.25) is 0 Å². The molecule has 0 spiro atoms. The van der Waals surface area contributed by atoms with Crippen molar-refractivity contribution < 1.29 is 0 Å². The van der Waals surface area contributed by atoms with Gasteiger partial charge in [0.25, 0.3) is 0 Å². The summed E-state index contributed by atoms with van der Waals surface area (Å²) in [5, 5.41) is 4.14. The molecule has 0 aromatic carbocycles. The number of halogens is 1. The van der Waals surface area contributed by atoms with Crippen LogP contribution in [0.2, 0.25) is 5.15 Å². The van der Waals surface area contributed by atoms with Crippen LogP contribution in [0.1, 0.15) is 12.8 Å². The van der Waals surface area contributed by atoms with Crippen molar-refractivity contribution >= 4 is 17.3 Å². The van der Waals surface area contributed by atoms with Gasteiger partial charge in [0.15, 0.2) is 0 Å². The molecule has 2 fully saturated rings. The third-order valence-corrected chi connectivity index (χ3v) is 4.11. The molecule has 1 aromatic rings. The van der Waals surface area contributed by atoms with Gasteiger partial charge in [-0.2, -0.15) is 0 Å². The minimum Gasteiger partial charge on any atom is -0.370 e. The molecular weight excluding hydrogens is 234 g/mol. The largest absolute Gasteiger partial charge is 0.370 e. The maximum atomic E-state index is 5.84. The first-order valence-corrected chi connectivity index (χ1v) is 6.76. The molecule has 0 saturated carbocycles. The fourth-order valence-electron chi connectivity index (χ4n) is 2.94. The Morgan fingerprint density at radius 2 is 1.88 bits per heavy atom. The summed E-state index contributed by atoms with van der Waals surface area (Å²) in [6.45, 7) is 4.61. The van der Waals surface area contributed by atoms with Crippen molar-refractivity contribution in [3.63, 3.8) is 0 Å². The van der Waals surface area contributed by atoms with Gasteiger partial charge >= 0.3 is 0 Å². The van der Waals surface area contributed by atoms with Gasteiger partial charge in [-0.05, 0) is 49.9 Å². The molecule has 17 heavy (non-hydrogen) atoms. The van der Waals surface area contributed by atoms with E-state index in [1.54, 1.807) is 0 Å². The Bertz CT molecular complexity index is 365. The number of aromatic nitrogens is 1. The zero-order chi connectivity index (χ0) is 11.7. The lowest BCUT2D eigenvalue weighted by atomic mass is 10.0. The van der Waals surface area contributed by atoms with E-state index in [2.05, 4.69) is 21.3 Å². The van der Waals surface area contributed by atoms with Gasteiger partial charge in [-0.15, -0.1) is 0 Å². The van der Waals surface area contributed by atoms with Crippen molar-refractivity contribution in [3.8, 4) is 0 Å². The van der Waals surface area contributed by atoms with E-state index in [1.807, 2.05) is 12.3 Å². The number of rotatable bonds is 1. The highest BCUT2D eigenvalue weighted by Gasteiger charge is 2.27. The summed E-state index contributed by atoms with van der Waals surface area (Å²) < 4.78 is 0. The number of nitrogens with one attached hydrogen (secondary N) is 1. The Morgan fingerprint density at radius 1 is 1.18 bits per heavy atom. The van der Waals surface area contributed by atoms with Crippen LogP contribution in [0.15, 0.2) is 18.3 Å². The van der Waals surface area contributed by atoms with Crippen LogP contribution in [0.4, 0.5) is 5.69 Å². The monoisotopic (exact) mass is 251 g/mol. The molecule has 2 bridgehead atoms. The molecule has 2 unspecified atom stereocenters. The van der Waals surface area contributed by atoms with Gasteiger partial charge in [-0.3, -0.25) is 0 Å². The summed E-state index contributed by atoms with van der Waals surface area (Å²) in [7, 11) is 0. The zero-order valence-corrected chi connectivity index (χ0v) is 10.7. The molecule has 2 saturated heterocycles. The maximum Gasteiger partial charge on any atom is 0.129 e. The molecule has 2 atom stereocenters. The summed E-state index contributed by atoms with van der Waals surface area (Å²) in [6.07, 6.45) is 4.61. The summed E-state index contributed by atoms with van der Waals surface area (Å²) in [4.78, 5) is 6.67. The summed E-state index contributed by atoms with van der Waals surface area (Å²) in [5.74, 6) is 1.55. The molecule has 4 heteroatoms. The van der Waals surface area contributed by atoms with Crippen LogP contribution in [0, 0.1) is 11.8 Å². The molecule has 3 heterocycles. The highest BCUT2D eigenvalue weighted by atomic mass is 35.5. The first kappa shape index (κ1) is 11.3. The zero-order valence-electron chi connectivity index (χ0n) is 9.90. The van der Waals surface area contributed by atoms with Gasteiger partial charge in [-0.1, -0.05) is 11.6 Å². The Morgan fingerprint density at radius 3 is 2.47 bits per heavy atom. The van der Waals surface area contributed by atoms with E-state index in [-0.39, 0.29) is 0 Å². The SMILES string of the molecule is Clc1ccc(N2CC3CCC(CNC3)C2)cn1. The van der Waals surface area contributed by atoms with E-state index in [9.17, 15) is 0 Å². The molecule has 2 aliphatic heterocycles. The van der Waals surface area contributed by atoms with E-state index < -0.39 is 0 Å². The fraction of sp³-hybridized carbons (Fsp3) is 0.615. The Labute approximate surface area is 107 Å².